The second kappa shape index (κ2) is 13.7. The molecule has 10 fully saturated rings. The third kappa shape index (κ3) is 6.40. The molecule has 10 heterocycles. The lowest BCUT2D eigenvalue weighted by Crippen LogP contribution is -2.61. The van der Waals surface area contributed by atoms with E-state index in [1.807, 2.05) is 0 Å². The summed E-state index contributed by atoms with van der Waals surface area (Å²) < 4.78 is 54.5. The van der Waals surface area contributed by atoms with Gasteiger partial charge in [0.25, 0.3) is 0 Å². The molecule has 290 valence electrons. The minimum atomic E-state index is -0.803. The van der Waals surface area contributed by atoms with Crippen LogP contribution in [0.4, 0.5) is 0 Å². The third-order valence-corrected chi connectivity index (χ3v) is 14.6. The van der Waals surface area contributed by atoms with E-state index in [1.165, 1.54) is 0 Å². The molecule has 3 N–H and O–H groups in total. The number of fused-ring (bicyclic) bond motifs is 6. The molecule has 0 aliphatic carbocycles. The van der Waals surface area contributed by atoms with Gasteiger partial charge in [-0.25, -0.2) is 0 Å². The molecule has 1 spiro atoms. The van der Waals surface area contributed by atoms with Gasteiger partial charge in [-0.1, -0.05) is 27.0 Å². The zero-order valence-electron chi connectivity index (χ0n) is 31.3. The molecule has 0 aromatic rings. The first-order valence-electron chi connectivity index (χ1n) is 20.5. The smallest absolute Gasteiger partial charge is 0.172 e. The minimum Gasteiger partial charge on any atom is -0.392 e. The zero-order valence-corrected chi connectivity index (χ0v) is 31.3. The lowest BCUT2D eigenvalue weighted by Gasteiger charge is -2.47. The summed E-state index contributed by atoms with van der Waals surface area (Å²) in [6, 6.07) is 0. The molecular formula is C41H61NO10. The van der Waals surface area contributed by atoms with Gasteiger partial charge >= 0.3 is 0 Å². The fourth-order valence-corrected chi connectivity index (χ4v) is 11.7. The van der Waals surface area contributed by atoms with Crippen molar-refractivity contribution in [3.63, 3.8) is 0 Å². The van der Waals surface area contributed by atoms with Crippen LogP contribution in [-0.2, 0) is 42.7 Å². The Hall–Kier alpha value is -1.25. The first-order valence-corrected chi connectivity index (χ1v) is 20.5. The zero-order chi connectivity index (χ0) is 36.1. The third-order valence-electron chi connectivity index (χ3n) is 14.6. The van der Waals surface area contributed by atoms with Crippen molar-refractivity contribution < 1.29 is 47.8 Å². The van der Waals surface area contributed by atoms with E-state index in [4.69, 9.17) is 43.6 Å². The second-order valence-electron chi connectivity index (χ2n) is 18.3. The van der Waals surface area contributed by atoms with Crippen LogP contribution >= 0.6 is 0 Å². The van der Waals surface area contributed by atoms with Gasteiger partial charge in [0.2, 0.25) is 0 Å². The monoisotopic (exact) mass is 727 g/mol. The van der Waals surface area contributed by atoms with Crippen molar-refractivity contribution >= 4 is 5.78 Å². The van der Waals surface area contributed by atoms with E-state index in [2.05, 4.69) is 33.9 Å². The van der Waals surface area contributed by atoms with Crippen molar-refractivity contribution in [3.8, 4) is 0 Å². The number of hydrogen-bond donors (Lipinski definition) is 2. The fraction of sp³-hybridized carbons (Fsp3) is 0.878. The van der Waals surface area contributed by atoms with Crippen molar-refractivity contribution in [1.82, 2.24) is 0 Å². The predicted octanol–water partition coefficient (Wildman–Crippen LogP) is 4.45. The first-order chi connectivity index (χ1) is 24.9. The summed E-state index contributed by atoms with van der Waals surface area (Å²) in [6.07, 6.45) is 6.17. The van der Waals surface area contributed by atoms with Crippen molar-refractivity contribution in [3.05, 3.63) is 24.3 Å². The average molecular weight is 728 g/mol. The van der Waals surface area contributed by atoms with E-state index >= 15 is 0 Å². The summed E-state index contributed by atoms with van der Waals surface area (Å²) in [6.45, 7) is 15.6. The molecule has 0 saturated carbocycles. The lowest BCUT2D eigenvalue weighted by atomic mass is 9.78. The standard InChI is InChI=1S/C41H61NO10/c1-20-12-26-6-8-30-21(2)13-28(45-30)10-11-41-19-40(5)39(52-41)38-37(50-40)36(51-41)35-31(49-38)9-7-27(47-35)14-24(43)15-29-23(4)32(16-25(44)18-42)48-34(29)17-33(46-26)22(20)3/h20,23,25-39,44H,2-3,6-19,42H2,1,4-5H3/t20-,23-,25+,26?,27?,28+,29-,30+,31+,32-,33-,34?,35?,36+,37+,38-,39?,40+,41-/m1/s1. The lowest BCUT2D eigenvalue weighted by molar-refractivity contribution is -0.294. The van der Waals surface area contributed by atoms with Crippen LogP contribution in [0.5, 0.6) is 0 Å². The number of aliphatic hydroxyl groups excluding tert-OH is 1. The Kier molecular flexibility index (Phi) is 9.62. The second-order valence-corrected chi connectivity index (χ2v) is 18.3. The number of hydrogen-bond acceptors (Lipinski definition) is 11. The van der Waals surface area contributed by atoms with Crippen molar-refractivity contribution in [1.29, 1.82) is 0 Å². The van der Waals surface area contributed by atoms with E-state index in [-0.39, 0.29) is 104 Å². The fourth-order valence-electron chi connectivity index (χ4n) is 11.7. The van der Waals surface area contributed by atoms with Crippen molar-refractivity contribution in [2.75, 3.05) is 6.54 Å². The molecule has 11 heteroatoms. The largest absolute Gasteiger partial charge is 0.392 e. The summed E-state index contributed by atoms with van der Waals surface area (Å²) in [4.78, 5) is 14.0. The molecule has 52 heavy (non-hydrogen) atoms. The van der Waals surface area contributed by atoms with Crippen LogP contribution in [0, 0.1) is 17.8 Å². The van der Waals surface area contributed by atoms with Gasteiger partial charge < -0.3 is 48.7 Å². The van der Waals surface area contributed by atoms with E-state index in [0.29, 0.717) is 44.4 Å². The summed E-state index contributed by atoms with van der Waals surface area (Å²) in [7, 11) is 0. The first kappa shape index (κ1) is 36.4. The van der Waals surface area contributed by atoms with Gasteiger partial charge in [0.15, 0.2) is 5.79 Å². The molecule has 10 aliphatic rings. The van der Waals surface area contributed by atoms with Crippen molar-refractivity contribution in [2.24, 2.45) is 23.5 Å². The molecule has 0 amide bonds. The maximum atomic E-state index is 14.0. The maximum absolute atomic E-state index is 14.0. The van der Waals surface area contributed by atoms with Gasteiger partial charge in [-0.3, -0.25) is 4.79 Å². The van der Waals surface area contributed by atoms with Gasteiger partial charge in [-0.15, -0.1) is 0 Å². The van der Waals surface area contributed by atoms with E-state index in [1.54, 1.807) is 0 Å². The van der Waals surface area contributed by atoms with Gasteiger partial charge in [0, 0.05) is 45.1 Å². The summed E-state index contributed by atoms with van der Waals surface area (Å²) >= 11 is 0. The molecular weight excluding hydrogens is 666 g/mol. The number of nitrogens with two attached hydrogens (primary N) is 1. The molecule has 0 aromatic heterocycles. The topological polar surface area (TPSA) is 137 Å². The molecule has 5 unspecified atom stereocenters. The molecule has 0 aromatic carbocycles. The molecule has 10 aliphatic heterocycles. The van der Waals surface area contributed by atoms with Gasteiger partial charge in [-0.05, 0) is 80.8 Å². The highest BCUT2D eigenvalue weighted by Gasteiger charge is 2.73. The highest BCUT2D eigenvalue weighted by Crippen LogP contribution is 2.58. The Morgan fingerprint density at radius 2 is 1.58 bits per heavy atom. The Balaban J connectivity index is 0.994. The van der Waals surface area contributed by atoms with E-state index < -0.39 is 17.5 Å². The van der Waals surface area contributed by atoms with E-state index in [0.717, 1.165) is 56.1 Å². The maximum Gasteiger partial charge on any atom is 0.172 e. The summed E-state index contributed by atoms with van der Waals surface area (Å²) in [5, 5.41) is 10.5. The SMILES string of the molecule is C=C1C[C@@H]2CC[C@@]34C[C@]5(C)O[C@H]6[C@@H](O3)C3OC(CC[C@@H]3O[C@H]6C5O4)CC(=O)C[C@H]3C(C[C@H]4OC(CC[C@@H]1O2)C[C@@H](C)C4=C)O[C@H](C[C@H](O)CN)[C@@H]3C. The number of ketones is 1. The molecule has 19 atom stereocenters. The summed E-state index contributed by atoms with van der Waals surface area (Å²) in [5.41, 5.74) is 7.57. The highest BCUT2D eigenvalue weighted by atomic mass is 16.8. The van der Waals surface area contributed by atoms with Crippen LogP contribution in [0.2, 0.25) is 0 Å². The minimum absolute atomic E-state index is 0.00566. The molecule has 10 rings (SSSR count). The molecule has 11 nitrogen and oxygen atoms in total. The van der Waals surface area contributed by atoms with Gasteiger partial charge in [0.1, 0.15) is 41.9 Å². The Morgan fingerprint density at radius 3 is 2.40 bits per heavy atom. The van der Waals surface area contributed by atoms with Crippen LogP contribution in [0.1, 0.15) is 104 Å². The highest BCUT2D eigenvalue weighted by molar-refractivity contribution is 5.79. The van der Waals surface area contributed by atoms with Gasteiger partial charge in [-0.2, -0.15) is 0 Å². The normalized spacial score (nSPS) is 53.8. The van der Waals surface area contributed by atoms with Gasteiger partial charge in [0.05, 0.1) is 54.9 Å². The van der Waals surface area contributed by atoms with Crippen LogP contribution in [0.3, 0.4) is 0 Å². The van der Waals surface area contributed by atoms with Crippen LogP contribution in [0.15, 0.2) is 24.3 Å². The van der Waals surface area contributed by atoms with Crippen LogP contribution in [-0.4, -0.2) is 114 Å². The Bertz CT molecular complexity index is 1410. The number of aliphatic hydroxyl groups is 1. The molecule has 12 bridgehead atoms. The number of Topliss-reactive ketones (excluding diaryl/α,β-unsaturated/α-hetero) is 1. The quantitative estimate of drug-likeness (QED) is 0.399. The Morgan fingerprint density at radius 1 is 0.808 bits per heavy atom. The average Bonchev–Trinajstić information content (AvgIpc) is 3.73. The number of carbonyl (C=O) groups is 1. The summed E-state index contributed by atoms with van der Waals surface area (Å²) in [5.74, 6) is -0.272. The Labute approximate surface area is 308 Å². The number of carbonyl (C=O) groups excluding carboxylic acids is 1. The van der Waals surface area contributed by atoms with Crippen LogP contribution < -0.4 is 5.73 Å². The predicted molar refractivity (Wildman–Crippen MR) is 189 cm³/mol. The van der Waals surface area contributed by atoms with Crippen LogP contribution in [0.25, 0.3) is 0 Å². The van der Waals surface area contributed by atoms with Crippen molar-refractivity contribution in [2.45, 2.75) is 201 Å². The van der Waals surface area contributed by atoms with E-state index in [9.17, 15) is 9.90 Å². The number of rotatable bonds is 3. The molecule has 10 saturated heterocycles. The molecule has 0 radical (unpaired) electrons. The number of ether oxygens (including phenoxy) is 8.